The monoisotopic (exact) mass is 331 g/mol. The first-order valence-electron chi connectivity index (χ1n) is 6.13. The van der Waals surface area contributed by atoms with Crippen LogP contribution < -0.4 is 0 Å². The minimum Gasteiger partial charge on any atom is -0.384 e. The van der Waals surface area contributed by atoms with Crippen LogP contribution in [-0.2, 0) is 0 Å². The zero-order valence-electron chi connectivity index (χ0n) is 10.4. The molecule has 1 aromatic heterocycles. The molecule has 0 bridgehead atoms. The van der Waals surface area contributed by atoms with Crippen molar-refractivity contribution in [1.29, 1.82) is 0 Å². The molecule has 0 saturated carbocycles. The zero-order valence-corrected chi connectivity index (χ0v) is 12.0. The average Bonchev–Trinajstić information content (AvgIpc) is 2.49. The molecule has 0 spiro atoms. The third-order valence-electron chi connectivity index (χ3n) is 3.19. The molecule has 1 unspecified atom stereocenters. The fourth-order valence-corrected chi connectivity index (χ4v) is 2.51. The minimum atomic E-state index is -0.830. The second kappa shape index (κ2) is 5.31. The van der Waals surface area contributed by atoms with E-state index in [9.17, 15) is 9.50 Å². The highest BCUT2D eigenvalue weighted by Crippen LogP contribution is 2.27. The summed E-state index contributed by atoms with van der Waals surface area (Å²) in [7, 11) is 0. The van der Waals surface area contributed by atoms with E-state index >= 15 is 0 Å². The van der Waals surface area contributed by atoms with Crippen molar-refractivity contribution in [3.63, 3.8) is 0 Å². The fourth-order valence-electron chi connectivity index (χ4n) is 2.11. The van der Waals surface area contributed by atoms with Crippen LogP contribution in [0.3, 0.4) is 0 Å². The Hall–Kier alpha value is -1.78. The van der Waals surface area contributed by atoms with Crippen molar-refractivity contribution in [2.24, 2.45) is 0 Å². The Morgan fingerprint density at radius 1 is 1.05 bits per heavy atom. The molecule has 0 aliphatic carbocycles. The fraction of sp³-hybridized carbons (Fsp3) is 0.0625. The van der Waals surface area contributed by atoms with Gasteiger partial charge in [-0.3, -0.25) is 4.98 Å². The van der Waals surface area contributed by atoms with Gasteiger partial charge in [0.2, 0.25) is 0 Å². The maximum atomic E-state index is 13.2. The lowest BCUT2D eigenvalue weighted by Gasteiger charge is -2.12. The van der Waals surface area contributed by atoms with Crippen LogP contribution in [0.25, 0.3) is 10.9 Å². The number of hydrogen-bond acceptors (Lipinski definition) is 2. The number of rotatable bonds is 2. The van der Waals surface area contributed by atoms with Gasteiger partial charge in [0.15, 0.2) is 0 Å². The van der Waals surface area contributed by atoms with E-state index in [1.165, 1.54) is 6.07 Å². The summed E-state index contributed by atoms with van der Waals surface area (Å²) in [5, 5.41) is 11.3. The van der Waals surface area contributed by atoms with Crippen LogP contribution in [0.15, 0.2) is 59.2 Å². The lowest BCUT2D eigenvalue weighted by atomic mass is 10.0. The van der Waals surface area contributed by atoms with Gasteiger partial charge in [-0.2, -0.15) is 0 Å². The first kappa shape index (κ1) is 13.2. The molecule has 4 heteroatoms. The molecule has 0 fully saturated rings. The molecule has 0 aliphatic heterocycles. The summed E-state index contributed by atoms with van der Waals surface area (Å²) in [5.41, 5.74) is 2.18. The van der Waals surface area contributed by atoms with Gasteiger partial charge in [0, 0.05) is 17.1 Å². The number of benzene rings is 2. The molecule has 1 N–H and O–H groups in total. The predicted octanol–water partition coefficient (Wildman–Crippen LogP) is 4.22. The number of aromatic nitrogens is 1. The van der Waals surface area contributed by atoms with Crippen LogP contribution in [-0.4, -0.2) is 10.1 Å². The minimum absolute atomic E-state index is 0.336. The predicted molar refractivity (Wildman–Crippen MR) is 79.9 cm³/mol. The van der Waals surface area contributed by atoms with Gasteiger partial charge in [0.1, 0.15) is 11.9 Å². The highest BCUT2D eigenvalue weighted by molar-refractivity contribution is 9.10. The van der Waals surface area contributed by atoms with Gasteiger partial charge >= 0.3 is 0 Å². The summed E-state index contributed by atoms with van der Waals surface area (Å²) < 4.78 is 13.6. The Morgan fingerprint density at radius 3 is 2.65 bits per heavy atom. The van der Waals surface area contributed by atoms with Crippen LogP contribution in [0.2, 0.25) is 0 Å². The van der Waals surface area contributed by atoms with Gasteiger partial charge in [-0.05, 0) is 45.8 Å². The number of halogens is 2. The molecule has 100 valence electrons. The van der Waals surface area contributed by atoms with Crippen LogP contribution in [0.5, 0.6) is 0 Å². The number of nitrogens with zero attached hydrogens (tertiary/aromatic N) is 1. The second-order valence-electron chi connectivity index (χ2n) is 4.54. The molecule has 2 aromatic carbocycles. The van der Waals surface area contributed by atoms with Crippen molar-refractivity contribution in [2.45, 2.75) is 6.10 Å². The number of hydrogen-bond donors (Lipinski definition) is 1. The molecule has 1 heterocycles. The quantitative estimate of drug-likeness (QED) is 0.762. The molecular formula is C16H11BrFNO. The lowest BCUT2D eigenvalue weighted by molar-refractivity contribution is 0.220. The van der Waals surface area contributed by atoms with E-state index in [0.29, 0.717) is 15.6 Å². The highest BCUT2D eigenvalue weighted by Gasteiger charge is 2.13. The molecule has 0 saturated heterocycles. The summed E-state index contributed by atoms with van der Waals surface area (Å²) in [6.07, 6.45) is 0.813. The van der Waals surface area contributed by atoms with E-state index in [4.69, 9.17) is 0 Å². The van der Waals surface area contributed by atoms with E-state index in [0.717, 1.165) is 10.9 Å². The molecule has 0 radical (unpaired) electrons. The van der Waals surface area contributed by atoms with Gasteiger partial charge in [0.25, 0.3) is 0 Å². The summed E-state index contributed by atoms with van der Waals surface area (Å²) in [4.78, 5) is 4.32. The summed E-state index contributed by atoms with van der Waals surface area (Å²) >= 11 is 3.12. The Morgan fingerprint density at radius 2 is 1.85 bits per heavy atom. The maximum Gasteiger partial charge on any atom is 0.137 e. The first-order valence-corrected chi connectivity index (χ1v) is 6.92. The summed E-state index contributed by atoms with van der Waals surface area (Å²) in [6, 6.07) is 14.1. The number of aliphatic hydroxyl groups is 1. The lowest BCUT2D eigenvalue weighted by Crippen LogP contribution is -2.01. The zero-order chi connectivity index (χ0) is 14.1. The molecule has 2 nitrogen and oxygen atoms in total. The summed E-state index contributed by atoms with van der Waals surface area (Å²) in [6.45, 7) is 0. The van der Waals surface area contributed by atoms with Gasteiger partial charge < -0.3 is 5.11 Å². The molecular weight excluding hydrogens is 321 g/mol. The average molecular weight is 332 g/mol. The number of aliphatic hydroxyl groups excluding tert-OH is 1. The van der Waals surface area contributed by atoms with E-state index in [1.54, 1.807) is 18.3 Å². The van der Waals surface area contributed by atoms with Crippen molar-refractivity contribution in [3.05, 3.63) is 76.1 Å². The van der Waals surface area contributed by atoms with Crippen LogP contribution in [0, 0.1) is 5.82 Å². The maximum absolute atomic E-state index is 13.2. The van der Waals surface area contributed by atoms with Crippen LogP contribution >= 0.6 is 15.9 Å². The Balaban J connectivity index is 2.02. The molecule has 0 aliphatic rings. The van der Waals surface area contributed by atoms with Gasteiger partial charge in [0.05, 0.1) is 9.99 Å². The van der Waals surface area contributed by atoms with Crippen LogP contribution in [0.4, 0.5) is 4.39 Å². The van der Waals surface area contributed by atoms with Crippen LogP contribution in [0.1, 0.15) is 17.2 Å². The molecule has 3 aromatic rings. The number of para-hydroxylation sites is 1. The van der Waals surface area contributed by atoms with Crippen molar-refractivity contribution in [3.8, 4) is 0 Å². The largest absolute Gasteiger partial charge is 0.384 e. The van der Waals surface area contributed by atoms with Crippen molar-refractivity contribution in [2.75, 3.05) is 0 Å². The molecule has 0 amide bonds. The SMILES string of the molecule is OC(c1ccc(F)c(Br)c1)c1cnc2ccccc2c1. The molecule has 3 rings (SSSR count). The topological polar surface area (TPSA) is 33.1 Å². The van der Waals surface area contributed by atoms with Crippen molar-refractivity contribution < 1.29 is 9.50 Å². The van der Waals surface area contributed by atoms with Crippen molar-refractivity contribution >= 4 is 26.8 Å². The number of fused-ring (bicyclic) bond motifs is 1. The molecule has 20 heavy (non-hydrogen) atoms. The smallest absolute Gasteiger partial charge is 0.137 e. The Bertz CT molecular complexity index is 775. The molecule has 1 atom stereocenters. The van der Waals surface area contributed by atoms with E-state index in [1.807, 2.05) is 30.3 Å². The first-order chi connectivity index (χ1) is 9.65. The van der Waals surface area contributed by atoms with Gasteiger partial charge in [-0.15, -0.1) is 0 Å². The standard InChI is InChI=1S/C16H11BrFNO/c17-13-8-11(5-6-14(13)18)16(20)12-7-10-3-1-2-4-15(10)19-9-12/h1-9,16,20H. The third kappa shape index (κ3) is 2.44. The highest BCUT2D eigenvalue weighted by atomic mass is 79.9. The Kier molecular flexibility index (Phi) is 3.51. The third-order valence-corrected chi connectivity index (χ3v) is 3.79. The van der Waals surface area contributed by atoms with E-state index in [2.05, 4.69) is 20.9 Å². The number of pyridine rings is 1. The normalized spacial score (nSPS) is 12.6. The second-order valence-corrected chi connectivity index (χ2v) is 5.39. The van der Waals surface area contributed by atoms with Gasteiger partial charge in [-0.25, -0.2) is 4.39 Å². The van der Waals surface area contributed by atoms with E-state index in [-0.39, 0.29) is 5.82 Å². The Labute approximate surface area is 124 Å². The van der Waals surface area contributed by atoms with E-state index < -0.39 is 6.10 Å². The van der Waals surface area contributed by atoms with Crippen molar-refractivity contribution in [1.82, 2.24) is 4.98 Å². The summed E-state index contributed by atoms with van der Waals surface area (Å²) in [5.74, 6) is -0.349. The van der Waals surface area contributed by atoms with Gasteiger partial charge in [-0.1, -0.05) is 24.3 Å².